The molecule has 2 amide bonds. The molecule has 1 heterocycles. The summed E-state index contributed by atoms with van der Waals surface area (Å²) in [5.41, 5.74) is 8.85. The summed E-state index contributed by atoms with van der Waals surface area (Å²) >= 11 is 0. The average molecular weight is 467 g/mol. The molecule has 0 bridgehead atoms. The predicted octanol–water partition coefficient (Wildman–Crippen LogP) is 4.66. The molecule has 1 saturated carbocycles. The van der Waals surface area contributed by atoms with Crippen molar-refractivity contribution in [3.8, 4) is 0 Å². The topological polar surface area (TPSA) is 73.5 Å². The lowest BCUT2D eigenvalue weighted by Gasteiger charge is -2.18. The number of unbranched alkanes of at least 4 members (excludes halogenated alkanes) is 2. The summed E-state index contributed by atoms with van der Waals surface area (Å²) in [6.45, 7) is 2.77. The largest absolute Gasteiger partial charge is 0.342 e. The molecule has 2 aliphatic rings. The Labute approximate surface area is 201 Å². The van der Waals surface area contributed by atoms with Gasteiger partial charge in [0, 0.05) is 42.8 Å². The van der Waals surface area contributed by atoms with Gasteiger partial charge < -0.3 is 10.2 Å². The van der Waals surface area contributed by atoms with Gasteiger partial charge in [-0.2, -0.15) is 0 Å². The van der Waals surface area contributed by atoms with Crippen LogP contribution < -0.4 is 16.2 Å². The number of halogens is 1. The molecule has 0 aromatic heterocycles. The summed E-state index contributed by atoms with van der Waals surface area (Å²) in [6.07, 6.45) is 5.96. The molecule has 182 valence electrons. The van der Waals surface area contributed by atoms with Crippen molar-refractivity contribution in [1.82, 2.24) is 15.8 Å². The number of hydrogen-bond acceptors (Lipinski definition) is 4. The van der Waals surface area contributed by atoms with Crippen molar-refractivity contribution in [2.24, 2.45) is 11.8 Å². The van der Waals surface area contributed by atoms with Crippen molar-refractivity contribution in [1.29, 1.82) is 0 Å². The van der Waals surface area contributed by atoms with Gasteiger partial charge in [0.05, 0.1) is 0 Å². The van der Waals surface area contributed by atoms with Crippen LogP contribution in [0, 0.1) is 17.7 Å². The highest BCUT2D eigenvalue weighted by molar-refractivity contribution is 5.98. The van der Waals surface area contributed by atoms with Gasteiger partial charge >= 0.3 is 0 Å². The van der Waals surface area contributed by atoms with E-state index in [-0.39, 0.29) is 29.6 Å². The Morgan fingerprint density at radius 3 is 2.62 bits per heavy atom. The summed E-state index contributed by atoms with van der Waals surface area (Å²) in [5.74, 6) is 0.358. The first-order valence-corrected chi connectivity index (χ1v) is 12.3. The number of hydrogen-bond donors (Lipinski definition) is 3. The first-order valence-electron chi connectivity index (χ1n) is 12.3. The van der Waals surface area contributed by atoms with Crippen LogP contribution in [-0.2, 0) is 4.79 Å². The Kier molecular flexibility index (Phi) is 7.95. The highest BCUT2D eigenvalue weighted by Crippen LogP contribution is 2.38. The van der Waals surface area contributed by atoms with Crippen molar-refractivity contribution in [2.45, 2.75) is 57.5 Å². The van der Waals surface area contributed by atoms with Crippen LogP contribution in [0.25, 0.3) is 0 Å². The smallest absolute Gasteiger partial charge is 0.253 e. The number of carbonyl (C=O) groups excluding carboxylic acids is 2. The van der Waals surface area contributed by atoms with Crippen LogP contribution >= 0.6 is 0 Å². The van der Waals surface area contributed by atoms with Crippen LogP contribution in [0.1, 0.15) is 67.4 Å². The Hall–Kier alpha value is -2.77. The van der Waals surface area contributed by atoms with E-state index in [1.807, 2.05) is 25.2 Å². The molecule has 3 N–H and O–H groups in total. The highest BCUT2D eigenvalue weighted by atomic mass is 19.1. The minimum Gasteiger partial charge on any atom is -0.342 e. The van der Waals surface area contributed by atoms with Crippen LogP contribution in [0.3, 0.4) is 0 Å². The normalized spacial score (nSPS) is 23.5. The summed E-state index contributed by atoms with van der Waals surface area (Å²) < 4.78 is 13.5. The third-order valence-corrected chi connectivity index (χ3v) is 6.95. The molecule has 1 saturated heterocycles. The predicted molar refractivity (Wildman–Crippen MR) is 132 cm³/mol. The molecule has 1 aliphatic carbocycles. The zero-order chi connectivity index (χ0) is 24.1. The van der Waals surface area contributed by atoms with E-state index in [4.69, 9.17) is 0 Å². The molecule has 4 unspecified atom stereocenters. The Bertz CT molecular complexity index is 1010. The van der Waals surface area contributed by atoms with Crippen molar-refractivity contribution >= 4 is 17.5 Å². The molecule has 2 aromatic rings. The van der Waals surface area contributed by atoms with Crippen LogP contribution in [0.4, 0.5) is 10.1 Å². The fourth-order valence-corrected chi connectivity index (χ4v) is 4.64. The van der Waals surface area contributed by atoms with Crippen LogP contribution in [-0.4, -0.2) is 36.3 Å². The van der Waals surface area contributed by atoms with E-state index in [1.165, 1.54) is 6.07 Å². The van der Waals surface area contributed by atoms with Gasteiger partial charge in [-0.05, 0) is 67.5 Å². The van der Waals surface area contributed by atoms with Gasteiger partial charge in [0.15, 0.2) is 0 Å². The number of rotatable bonds is 10. The lowest BCUT2D eigenvalue weighted by molar-refractivity contribution is -0.117. The molecule has 6 nitrogen and oxygen atoms in total. The van der Waals surface area contributed by atoms with Gasteiger partial charge in [-0.25, -0.2) is 4.39 Å². The van der Waals surface area contributed by atoms with Gasteiger partial charge in [0.1, 0.15) is 5.82 Å². The van der Waals surface area contributed by atoms with E-state index in [0.717, 1.165) is 44.1 Å². The monoisotopic (exact) mass is 466 g/mol. The van der Waals surface area contributed by atoms with Crippen LogP contribution in [0.2, 0.25) is 0 Å². The first kappa shape index (κ1) is 24.4. The second-order valence-electron chi connectivity index (χ2n) is 9.79. The number of anilines is 1. The molecule has 0 radical (unpaired) electrons. The fourth-order valence-electron chi connectivity index (χ4n) is 4.64. The SMILES string of the molecule is CC1CC1C(=O)Nc1cccc(C(=O)N(C)CCCCCC2CC(c3cccc(F)c3)NN2)c1. The number of benzene rings is 2. The van der Waals surface area contributed by atoms with Crippen molar-refractivity contribution < 1.29 is 14.0 Å². The van der Waals surface area contributed by atoms with E-state index < -0.39 is 0 Å². The molecule has 2 fully saturated rings. The zero-order valence-corrected chi connectivity index (χ0v) is 20.0. The quantitative estimate of drug-likeness (QED) is 0.445. The summed E-state index contributed by atoms with van der Waals surface area (Å²) in [7, 11) is 1.82. The van der Waals surface area contributed by atoms with Crippen molar-refractivity contribution in [2.75, 3.05) is 18.9 Å². The lowest BCUT2D eigenvalue weighted by atomic mass is 9.99. The Balaban J connectivity index is 1.15. The molecular formula is C27H35FN4O2. The summed E-state index contributed by atoms with van der Waals surface area (Å²) in [4.78, 5) is 26.7. The number of carbonyl (C=O) groups is 2. The number of hydrazine groups is 1. The van der Waals surface area contributed by atoms with Gasteiger partial charge in [0.25, 0.3) is 5.91 Å². The van der Waals surface area contributed by atoms with Crippen molar-refractivity contribution in [3.05, 3.63) is 65.5 Å². The number of amides is 2. The Morgan fingerprint density at radius 1 is 1.06 bits per heavy atom. The maximum absolute atomic E-state index is 13.5. The van der Waals surface area contributed by atoms with Crippen molar-refractivity contribution in [3.63, 3.8) is 0 Å². The second kappa shape index (κ2) is 11.1. The first-order chi connectivity index (χ1) is 16.4. The third-order valence-electron chi connectivity index (χ3n) is 6.95. The van der Waals surface area contributed by atoms with Gasteiger partial charge in [-0.15, -0.1) is 0 Å². The maximum atomic E-state index is 13.5. The molecule has 4 rings (SSSR count). The summed E-state index contributed by atoms with van der Waals surface area (Å²) in [6, 6.07) is 14.5. The Morgan fingerprint density at radius 2 is 1.85 bits per heavy atom. The molecule has 2 aromatic carbocycles. The second-order valence-corrected chi connectivity index (χ2v) is 9.79. The van der Waals surface area contributed by atoms with Crippen LogP contribution in [0.15, 0.2) is 48.5 Å². The molecule has 7 heteroatoms. The van der Waals surface area contributed by atoms with Gasteiger partial charge in [-0.3, -0.25) is 20.4 Å². The maximum Gasteiger partial charge on any atom is 0.253 e. The third kappa shape index (κ3) is 6.42. The molecule has 1 aliphatic heterocycles. The molecule has 4 atom stereocenters. The fraction of sp³-hybridized carbons (Fsp3) is 0.481. The van der Waals surface area contributed by atoms with E-state index >= 15 is 0 Å². The van der Waals surface area contributed by atoms with E-state index in [0.29, 0.717) is 29.8 Å². The van der Waals surface area contributed by atoms with Gasteiger partial charge in [0.2, 0.25) is 5.91 Å². The minimum atomic E-state index is -0.203. The van der Waals surface area contributed by atoms with E-state index in [9.17, 15) is 14.0 Å². The van der Waals surface area contributed by atoms with E-state index in [2.05, 4.69) is 23.1 Å². The average Bonchev–Trinajstić information content (AvgIpc) is 3.38. The standard InChI is InChI=1S/C27H35FN4O2/c1-18-14-24(18)26(33)29-22-12-7-9-20(16-22)27(34)32(2)13-5-3-4-11-23-17-25(31-30-23)19-8-6-10-21(28)15-19/h6-10,12,15-16,18,23-25,30-31H,3-5,11,13-14,17H2,1-2H3,(H,29,33). The van der Waals surface area contributed by atoms with E-state index in [1.54, 1.807) is 29.2 Å². The molecule has 0 spiro atoms. The lowest BCUT2D eigenvalue weighted by Crippen LogP contribution is -2.31. The minimum absolute atomic E-state index is 0.0320. The van der Waals surface area contributed by atoms with Gasteiger partial charge in [-0.1, -0.05) is 38.0 Å². The zero-order valence-electron chi connectivity index (χ0n) is 20.0. The number of nitrogens with one attached hydrogen (secondary N) is 3. The summed E-state index contributed by atoms with van der Waals surface area (Å²) in [5, 5.41) is 2.93. The number of nitrogens with zero attached hydrogens (tertiary/aromatic N) is 1. The molecular weight excluding hydrogens is 431 g/mol. The van der Waals surface area contributed by atoms with Crippen LogP contribution in [0.5, 0.6) is 0 Å². The highest BCUT2D eigenvalue weighted by Gasteiger charge is 2.39. The molecule has 34 heavy (non-hydrogen) atoms.